The van der Waals surface area contributed by atoms with Gasteiger partial charge in [0.25, 0.3) is 0 Å². The number of carbonyl (C=O) groups excluding carboxylic acids is 1. The van der Waals surface area contributed by atoms with Crippen LogP contribution in [-0.4, -0.2) is 64.6 Å². The van der Waals surface area contributed by atoms with Crippen molar-refractivity contribution in [2.24, 2.45) is 0 Å². The molecule has 0 radical (unpaired) electrons. The maximum Gasteiger partial charge on any atom is 0.317 e. The van der Waals surface area contributed by atoms with E-state index in [9.17, 15) is 9.18 Å². The van der Waals surface area contributed by atoms with Crippen LogP contribution in [0.25, 0.3) is 11.0 Å². The maximum absolute atomic E-state index is 13.3. The van der Waals surface area contributed by atoms with Crippen LogP contribution in [0.4, 0.5) is 9.18 Å². The molecule has 1 fully saturated rings. The molecule has 0 aliphatic carbocycles. The van der Waals surface area contributed by atoms with Crippen molar-refractivity contribution in [1.29, 1.82) is 0 Å². The van der Waals surface area contributed by atoms with Gasteiger partial charge >= 0.3 is 6.03 Å². The lowest BCUT2D eigenvalue weighted by atomic mass is 10.0. The number of hydrogen-bond acceptors (Lipinski definition) is 3. The van der Waals surface area contributed by atoms with Crippen molar-refractivity contribution < 1.29 is 9.18 Å². The highest BCUT2D eigenvalue weighted by atomic mass is 19.1. The third-order valence-electron chi connectivity index (χ3n) is 5.40. The van der Waals surface area contributed by atoms with Crippen LogP contribution in [0.1, 0.15) is 38.9 Å². The summed E-state index contributed by atoms with van der Waals surface area (Å²) < 4.78 is 13.3. The summed E-state index contributed by atoms with van der Waals surface area (Å²) in [5, 5.41) is 3.04. The zero-order valence-corrected chi connectivity index (χ0v) is 16.3. The van der Waals surface area contributed by atoms with Crippen LogP contribution < -0.4 is 5.32 Å². The summed E-state index contributed by atoms with van der Waals surface area (Å²) in [5.41, 5.74) is 1.43. The summed E-state index contributed by atoms with van der Waals surface area (Å²) in [6.45, 7) is 8.15. The fourth-order valence-corrected chi connectivity index (χ4v) is 3.71. The van der Waals surface area contributed by atoms with Crippen molar-refractivity contribution >= 4 is 17.1 Å². The highest BCUT2D eigenvalue weighted by molar-refractivity contribution is 5.75. The third kappa shape index (κ3) is 5.19. The number of imidazole rings is 1. The Bertz CT molecular complexity index is 762. The van der Waals surface area contributed by atoms with Crippen molar-refractivity contribution in [3.05, 3.63) is 29.8 Å². The van der Waals surface area contributed by atoms with Gasteiger partial charge in [0.15, 0.2) is 0 Å². The molecule has 1 aromatic heterocycles. The van der Waals surface area contributed by atoms with E-state index in [2.05, 4.69) is 27.1 Å². The van der Waals surface area contributed by atoms with E-state index in [0.717, 1.165) is 24.4 Å². The van der Waals surface area contributed by atoms with Gasteiger partial charge in [-0.25, -0.2) is 14.2 Å². The van der Waals surface area contributed by atoms with Crippen molar-refractivity contribution in [2.45, 2.75) is 45.6 Å². The van der Waals surface area contributed by atoms with Gasteiger partial charge in [-0.3, -0.25) is 4.90 Å². The number of benzene rings is 1. The van der Waals surface area contributed by atoms with Gasteiger partial charge in [-0.05, 0) is 51.4 Å². The Labute approximate surface area is 160 Å². The Morgan fingerprint density at radius 2 is 2.30 bits per heavy atom. The topological polar surface area (TPSA) is 64.3 Å². The molecule has 1 aliphatic rings. The summed E-state index contributed by atoms with van der Waals surface area (Å²) >= 11 is 0. The molecule has 1 atom stereocenters. The minimum absolute atomic E-state index is 0.0377. The van der Waals surface area contributed by atoms with Crippen LogP contribution >= 0.6 is 0 Å². The van der Waals surface area contributed by atoms with Crippen molar-refractivity contribution in [1.82, 2.24) is 25.1 Å². The Hall–Kier alpha value is -2.15. The number of H-pyrrole nitrogens is 1. The van der Waals surface area contributed by atoms with Gasteiger partial charge in [0, 0.05) is 38.6 Å². The van der Waals surface area contributed by atoms with Gasteiger partial charge in [-0.1, -0.05) is 6.42 Å². The zero-order valence-electron chi connectivity index (χ0n) is 16.3. The molecular weight excluding hydrogens is 345 g/mol. The van der Waals surface area contributed by atoms with Gasteiger partial charge in [0.05, 0.1) is 11.0 Å². The summed E-state index contributed by atoms with van der Waals surface area (Å²) in [7, 11) is 0. The number of nitrogens with one attached hydrogen (secondary N) is 2. The van der Waals surface area contributed by atoms with Gasteiger partial charge < -0.3 is 15.2 Å². The fraction of sp³-hybridized carbons (Fsp3) is 0.600. The van der Waals surface area contributed by atoms with E-state index < -0.39 is 0 Å². The summed E-state index contributed by atoms with van der Waals surface area (Å²) in [4.78, 5) is 24.3. The molecule has 0 spiro atoms. The van der Waals surface area contributed by atoms with Crippen molar-refractivity contribution in [3.8, 4) is 0 Å². The van der Waals surface area contributed by atoms with Gasteiger partial charge in [0.2, 0.25) is 0 Å². The number of hydrogen-bond donors (Lipinski definition) is 2. The molecule has 2 heterocycles. The number of amides is 2. The van der Waals surface area contributed by atoms with Crippen LogP contribution in [-0.2, 0) is 6.42 Å². The molecule has 27 heavy (non-hydrogen) atoms. The minimum Gasteiger partial charge on any atom is -0.342 e. The molecule has 148 valence electrons. The third-order valence-corrected chi connectivity index (χ3v) is 5.40. The number of aromatic amines is 1. The first-order valence-corrected chi connectivity index (χ1v) is 9.97. The molecule has 2 amide bonds. The Kier molecular flexibility index (Phi) is 6.66. The molecule has 1 saturated heterocycles. The van der Waals surface area contributed by atoms with Gasteiger partial charge in [-0.15, -0.1) is 0 Å². The second-order valence-corrected chi connectivity index (χ2v) is 7.29. The first-order valence-electron chi connectivity index (χ1n) is 9.97. The van der Waals surface area contributed by atoms with E-state index >= 15 is 0 Å². The first-order chi connectivity index (χ1) is 13.1. The van der Waals surface area contributed by atoms with E-state index in [0.29, 0.717) is 37.6 Å². The molecule has 2 N–H and O–H groups in total. The number of carbonyl (C=O) groups is 1. The van der Waals surface area contributed by atoms with Crippen LogP contribution in [0.15, 0.2) is 18.2 Å². The zero-order chi connectivity index (χ0) is 19.2. The highest BCUT2D eigenvalue weighted by Gasteiger charge is 2.18. The monoisotopic (exact) mass is 375 g/mol. The number of likely N-dealkylation sites (N-methyl/N-ethyl adjacent to an activating group) is 1. The quantitative estimate of drug-likeness (QED) is 0.781. The molecule has 6 nitrogen and oxygen atoms in total. The molecule has 1 aliphatic heterocycles. The van der Waals surface area contributed by atoms with Crippen LogP contribution in [0, 0.1) is 5.82 Å². The van der Waals surface area contributed by atoms with Crippen molar-refractivity contribution in [2.75, 3.05) is 32.7 Å². The molecule has 3 rings (SSSR count). The molecule has 0 unspecified atom stereocenters. The Balaban J connectivity index is 1.46. The number of aromatic nitrogens is 2. The lowest BCUT2D eigenvalue weighted by Crippen LogP contribution is -2.46. The molecule has 1 aromatic carbocycles. The Morgan fingerprint density at radius 3 is 3.07 bits per heavy atom. The molecule has 2 aromatic rings. The minimum atomic E-state index is -0.282. The summed E-state index contributed by atoms with van der Waals surface area (Å²) in [6, 6.07) is 5.08. The second-order valence-electron chi connectivity index (χ2n) is 7.29. The number of likely N-dealkylation sites (tertiary alicyclic amines) is 1. The smallest absolute Gasteiger partial charge is 0.317 e. The van der Waals surface area contributed by atoms with E-state index in [1.54, 1.807) is 11.0 Å². The van der Waals surface area contributed by atoms with E-state index in [4.69, 9.17) is 0 Å². The Morgan fingerprint density at radius 1 is 1.44 bits per heavy atom. The average Bonchev–Trinajstić information content (AvgIpc) is 3.05. The normalized spacial score (nSPS) is 18.0. The summed E-state index contributed by atoms with van der Waals surface area (Å²) in [5.74, 6) is 0.485. The first kappa shape index (κ1) is 19.6. The van der Waals surface area contributed by atoms with E-state index in [1.165, 1.54) is 31.4 Å². The predicted molar refractivity (Wildman–Crippen MR) is 105 cm³/mol. The maximum atomic E-state index is 13.3. The average molecular weight is 375 g/mol. The number of piperidine rings is 1. The van der Waals surface area contributed by atoms with Gasteiger partial charge in [0.1, 0.15) is 11.6 Å². The number of urea groups is 1. The number of fused-ring (bicyclic) bond motifs is 1. The van der Waals surface area contributed by atoms with E-state index in [1.807, 2.05) is 6.92 Å². The predicted octanol–water partition coefficient (Wildman–Crippen LogP) is 3.15. The standard InChI is InChI=1S/C20H30FN5O/c1-3-25(20(27)22-10-13-26-11-5-4-6-15(26)2)12-9-19-23-17-8-7-16(21)14-18(17)24-19/h7-8,14-15H,3-6,9-13H2,1-2H3,(H,22,27)(H,23,24)/t15-/m1/s1. The van der Waals surface area contributed by atoms with Crippen LogP contribution in [0.5, 0.6) is 0 Å². The number of rotatable bonds is 7. The molecule has 0 bridgehead atoms. The van der Waals surface area contributed by atoms with Gasteiger partial charge in [-0.2, -0.15) is 0 Å². The molecule has 7 heteroatoms. The SMILES string of the molecule is CCN(CCc1nc2ccc(F)cc2[nH]1)C(=O)NCCN1CCCC[C@H]1C. The lowest BCUT2D eigenvalue weighted by Gasteiger charge is -2.33. The molecular formula is C20H30FN5O. The largest absolute Gasteiger partial charge is 0.342 e. The second kappa shape index (κ2) is 9.17. The molecule has 0 saturated carbocycles. The number of halogens is 1. The van der Waals surface area contributed by atoms with Crippen molar-refractivity contribution in [3.63, 3.8) is 0 Å². The number of nitrogens with zero attached hydrogens (tertiary/aromatic N) is 3. The lowest BCUT2D eigenvalue weighted by molar-refractivity contribution is 0.158. The summed E-state index contributed by atoms with van der Waals surface area (Å²) in [6.07, 6.45) is 4.42. The van der Waals surface area contributed by atoms with Crippen LogP contribution in [0.2, 0.25) is 0 Å². The van der Waals surface area contributed by atoms with Crippen LogP contribution in [0.3, 0.4) is 0 Å². The van der Waals surface area contributed by atoms with E-state index in [-0.39, 0.29) is 11.8 Å². The highest BCUT2D eigenvalue weighted by Crippen LogP contribution is 2.15. The fourth-order valence-electron chi connectivity index (χ4n) is 3.71.